The van der Waals surface area contributed by atoms with Crippen LogP contribution in [0.2, 0.25) is 0 Å². The van der Waals surface area contributed by atoms with Gasteiger partial charge in [-0.3, -0.25) is 28.8 Å². The predicted molar refractivity (Wildman–Crippen MR) is 304 cm³/mol. The number of carbonyl (C=O) groups excluding carboxylic acids is 8. The topological polar surface area (TPSA) is 252 Å². The minimum Gasteiger partial charge on any atom is -0.461 e. The second-order valence-corrected chi connectivity index (χ2v) is 23.0. The minimum absolute atomic E-state index is 0.00792. The summed E-state index contributed by atoms with van der Waals surface area (Å²) < 4.78 is 57.4. The number of Topliss-reactive ketones (excluding diaryl/α,β-unsaturated/α-hetero) is 3. The van der Waals surface area contributed by atoms with E-state index in [2.05, 4.69) is 13.2 Å². The van der Waals surface area contributed by atoms with Gasteiger partial charge in [0.05, 0.1) is 43.9 Å². The molecule has 0 aromatic rings. The Morgan fingerprint density at radius 1 is 0.807 bits per heavy atom. The van der Waals surface area contributed by atoms with Crippen LogP contribution in [-0.4, -0.2) is 166 Å². The zero-order valence-corrected chi connectivity index (χ0v) is 50.2. The number of carbonyl (C=O) groups is 8. The SMILES string of the molecule is C=CCOC(=O)CCC(=O)O[C@@H]1C(C)C=C(C)C(=O)C[C@@H]2OC(=O)[C@@H]3C(CCCN3C(=O)C(=O)[C@]3(O)O[C@@H](CC[C@H]3C)C[C@H](OC)C(C)=CC=CC=C[C@@H](C)C[C@@H](C)C(=O)[C@@H]1OC)[C@@H]2C[C@@H]1CC[C@@H](OCCOC(=O)OCC=C)[C@H](OC)C1. The number of nitrogens with zero attached hydrogens (tertiary/aromatic N) is 1. The fraction of sp³-hybridized carbons (Fsp3) is 0.683. The summed E-state index contributed by atoms with van der Waals surface area (Å²) in [4.78, 5) is 112. The lowest BCUT2D eigenvalue weighted by Gasteiger charge is -2.50. The summed E-state index contributed by atoms with van der Waals surface area (Å²) in [6, 6.07) is -1.22. The van der Waals surface area contributed by atoms with Gasteiger partial charge in [0.1, 0.15) is 38.1 Å². The van der Waals surface area contributed by atoms with Crippen LogP contribution >= 0.6 is 0 Å². The Morgan fingerprint density at radius 2 is 1.53 bits per heavy atom. The van der Waals surface area contributed by atoms with Crippen molar-refractivity contribution in [3.8, 4) is 0 Å². The van der Waals surface area contributed by atoms with Gasteiger partial charge in [0.25, 0.3) is 11.7 Å². The number of aliphatic hydroxyl groups is 1. The summed E-state index contributed by atoms with van der Waals surface area (Å²) in [5.41, 5.74) is 1.06. The van der Waals surface area contributed by atoms with Crippen LogP contribution in [0.1, 0.15) is 125 Å². The number of esters is 3. The van der Waals surface area contributed by atoms with Crippen LogP contribution in [0.3, 0.4) is 0 Å². The molecule has 3 saturated heterocycles. The van der Waals surface area contributed by atoms with Gasteiger partial charge in [0.2, 0.25) is 5.79 Å². The molecule has 16 atom stereocenters. The standard InChI is InChI=1S/C63H91NO19/c1-12-28-78-53(66)25-26-54(67)82-57-42(7)33-40(5)48(65)37-51-47(34-44-22-24-49(52(35-44)75-10)77-30-31-80-62(72)79-29-13-2)46-20-17-27-64(55(46)61(71)81-51)60(70)59(69)63(73)43(8)21-23-45(83-63)36-50(74-9)39(4)19-16-14-15-18-38(3)32-41(6)56(68)58(57)76-11/h12-16,18-19,33,38,41-47,49-52,55,57-58,73H,1-2,17,20-32,34-37H2,3-11H3/t38-,41-,42?,43-,44+,45+,46?,47+,49-,50+,51+,52-,55+,57-,58+,63-/m1/s1. The van der Waals surface area contributed by atoms with Crippen LogP contribution in [0, 0.1) is 41.4 Å². The molecule has 0 radical (unpaired) electrons. The molecule has 1 saturated carbocycles. The molecule has 20 heteroatoms. The predicted octanol–water partition coefficient (Wildman–Crippen LogP) is 7.82. The first kappa shape index (κ1) is 68.1. The zero-order valence-electron chi connectivity index (χ0n) is 50.2. The van der Waals surface area contributed by atoms with Crippen LogP contribution in [0.25, 0.3) is 0 Å². The lowest BCUT2D eigenvalue weighted by atomic mass is 9.68. The summed E-state index contributed by atoms with van der Waals surface area (Å²) in [5, 5.41) is 12.2. The number of fused-ring (bicyclic) bond motifs is 4. The number of amides is 1. The smallest absolute Gasteiger partial charge is 0.461 e. The maximum atomic E-state index is 14.7. The molecule has 0 aromatic carbocycles. The zero-order chi connectivity index (χ0) is 61.0. The molecular weight excluding hydrogens is 1070 g/mol. The van der Waals surface area contributed by atoms with E-state index in [-0.39, 0.29) is 94.1 Å². The Morgan fingerprint density at radius 3 is 2.23 bits per heavy atom. The number of hydrogen-bond donors (Lipinski definition) is 1. The Kier molecular flexibility index (Phi) is 27.2. The number of ether oxygens (including phenoxy) is 10. The number of hydrogen-bond acceptors (Lipinski definition) is 19. The van der Waals surface area contributed by atoms with Crippen molar-refractivity contribution in [2.45, 2.75) is 180 Å². The second-order valence-electron chi connectivity index (χ2n) is 23.0. The molecule has 2 unspecified atom stereocenters. The highest BCUT2D eigenvalue weighted by atomic mass is 16.7. The molecule has 1 N–H and O–H groups in total. The van der Waals surface area contributed by atoms with Crippen molar-refractivity contribution in [2.75, 3.05) is 54.3 Å². The highest BCUT2D eigenvalue weighted by Gasteiger charge is 2.57. The summed E-state index contributed by atoms with van der Waals surface area (Å²) in [5.74, 6) is -11.1. The van der Waals surface area contributed by atoms with Crippen LogP contribution in [0.4, 0.5) is 4.79 Å². The molecule has 1 aliphatic carbocycles. The molecule has 5 aliphatic rings. The van der Waals surface area contributed by atoms with E-state index in [1.165, 1.54) is 24.2 Å². The van der Waals surface area contributed by atoms with Crippen molar-refractivity contribution in [1.29, 1.82) is 0 Å². The quantitative estimate of drug-likeness (QED) is 0.0479. The maximum Gasteiger partial charge on any atom is 0.508 e. The largest absolute Gasteiger partial charge is 0.508 e. The average molecular weight is 1170 g/mol. The van der Waals surface area contributed by atoms with Crippen molar-refractivity contribution < 1.29 is 90.8 Å². The number of ketones is 3. The van der Waals surface area contributed by atoms with Crippen LogP contribution in [0.15, 0.2) is 72.9 Å². The van der Waals surface area contributed by atoms with Crippen LogP contribution in [0.5, 0.6) is 0 Å². The monoisotopic (exact) mass is 1170 g/mol. The molecule has 0 spiro atoms. The molecule has 4 heterocycles. The molecular formula is C63H91NO19. The molecule has 20 nitrogen and oxygen atoms in total. The van der Waals surface area contributed by atoms with Gasteiger partial charge in [-0.1, -0.05) is 89.5 Å². The summed E-state index contributed by atoms with van der Waals surface area (Å²) >= 11 is 0. The van der Waals surface area contributed by atoms with Crippen molar-refractivity contribution >= 4 is 47.3 Å². The van der Waals surface area contributed by atoms with E-state index in [1.54, 1.807) is 48.0 Å². The van der Waals surface area contributed by atoms with Crippen molar-refractivity contribution in [3.05, 3.63) is 72.9 Å². The molecule has 4 fully saturated rings. The number of allylic oxidation sites excluding steroid dienone is 6. The van der Waals surface area contributed by atoms with Crippen LogP contribution < -0.4 is 0 Å². The molecule has 4 bridgehead atoms. The number of rotatable bonds is 17. The fourth-order valence-electron chi connectivity index (χ4n) is 12.4. The number of methoxy groups -OCH3 is 3. The van der Waals surface area contributed by atoms with Gasteiger partial charge in [-0.15, -0.1) is 0 Å². The highest BCUT2D eigenvalue weighted by molar-refractivity contribution is 6.39. The summed E-state index contributed by atoms with van der Waals surface area (Å²) in [6.45, 7) is 17.7. The first-order valence-electron chi connectivity index (χ1n) is 29.4. The molecule has 1 amide bonds. The van der Waals surface area contributed by atoms with Gasteiger partial charge in [-0.25, -0.2) is 9.59 Å². The molecule has 0 aromatic heterocycles. The Hall–Kier alpha value is -5.64. The van der Waals surface area contributed by atoms with Gasteiger partial charge in [0, 0.05) is 64.4 Å². The second kappa shape index (κ2) is 33.2. The first-order chi connectivity index (χ1) is 39.6. The van der Waals surface area contributed by atoms with Gasteiger partial charge in [-0.2, -0.15) is 0 Å². The van der Waals surface area contributed by atoms with Gasteiger partial charge < -0.3 is 57.4 Å². The lowest BCUT2D eigenvalue weighted by molar-refractivity contribution is -0.266. The normalized spacial score (nSPS) is 33.5. The summed E-state index contributed by atoms with van der Waals surface area (Å²) in [7, 11) is 4.49. The van der Waals surface area contributed by atoms with E-state index in [0.717, 1.165) is 5.57 Å². The van der Waals surface area contributed by atoms with E-state index in [9.17, 15) is 43.5 Å². The third-order valence-electron chi connectivity index (χ3n) is 17.0. The van der Waals surface area contributed by atoms with Crippen molar-refractivity contribution in [1.82, 2.24) is 4.90 Å². The van der Waals surface area contributed by atoms with Gasteiger partial charge in [0.15, 0.2) is 17.7 Å². The molecule has 462 valence electrons. The van der Waals surface area contributed by atoms with E-state index in [4.69, 9.17) is 47.4 Å². The Balaban J connectivity index is 1.52. The fourth-order valence-corrected chi connectivity index (χ4v) is 12.4. The van der Waals surface area contributed by atoms with E-state index in [0.29, 0.717) is 57.8 Å². The van der Waals surface area contributed by atoms with Gasteiger partial charge >= 0.3 is 24.1 Å². The van der Waals surface area contributed by atoms with E-state index in [1.807, 2.05) is 44.2 Å². The third-order valence-corrected chi connectivity index (χ3v) is 17.0. The van der Waals surface area contributed by atoms with Crippen LogP contribution in [-0.2, 0) is 80.9 Å². The molecule has 5 rings (SSSR count). The van der Waals surface area contributed by atoms with Gasteiger partial charge in [-0.05, 0) is 101 Å². The minimum atomic E-state index is -2.50. The maximum absolute atomic E-state index is 14.7. The van der Waals surface area contributed by atoms with Crippen molar-refractivity contribution in [2.24, 2.45) is 41.4 Å². The number of piperidine rings is 1. The van der Waals surface area contributed by atoms with Crippen molar-refractivity contribution in [3.63, 3.8) is 0 Å². The first-order valence-corrected chi connectivity index (χ1v) is 29.4. The lowest BCUT2D eigenvalue weighted by Crippen LogP contribution is -2.65. The Labute approximate surface area is 489 Å². The third kappa shape index (κ3) is 18.9. The molecule has 83 heavy (non-hydrogen) atoms. The molecule has 4 aliphatic heterocycles. The van der Waals surface area contributed by atoms with E-state index >= 15 is 0 Å². The average Bonchev–Trinajstić information content (AvgIpc) is 2.37. The summed E-state index contributed by atoms with van der Waals surface area (Å²) in [6.07, 6.45) is 11.2. The van der Waals surface area contributed by atoms with E-state index < -0.39 is 113 Å². The highest BCUT2D eigenvalue weighted by Crippen LogP contribution is 2.46. The Bertz CT molecular complexity index is 2390.